The molecular formula is C22H22F2N4O4S. The standard InChI is InChI=1S/C22H22F2N4O4S/c23-22(24)28-10-9-25-20(28)16-32-21(29)17-5-4-8-19(15-17)33(30,31)27-13-11-26(12-14-27)18-6-2-1-3-7-18/h1-10,15,22H,11-14,16H2. The van der Waals surface area contributed by atoms with E-state index in [-0.39, 0.29) is 16.3 Å². The van der Waals surface area contributed by atoms with Crippen molar-refractivity contribution in [3.8, 4) is 0 Å². The first-order valence-electron chi connectivity index (χ1n) is 10.2. The van der Waals surface area contributed by atoms with Crippen LogP contribution in [0.1, 0.15) is 22.7 Å². The van der Waals surface area contributed by atoms with E-state index in [1.54, 1.807) is 0 Å². The Hall–Kier alpha value is -3.31. The summed E-state index contributed by atoms with van der Waals surface area (Å²) in [7, 11) is -3.82. The molecule has 2 heterocycles. The van der Waals surface area contributed by atoms with Crippen molar-refractivity contribution in [2.24, 2.45) is 0 Å². The molecule has 0 aliphatic carbocycles. The van der Waals surface area contributed by atoms with E-state index in [2.05, 4.69) is 9.88 Å². The molecule has 1 aliphatic heterocycles. The number of alkyl halides is 2. The lowest BCUT2D eigenvalue weighted by molar-refractivity contribution is 0.0376. The molecule has 1 fully saturated rings. The summed E-state index contributed by atoms with van der Waals surface area (Å²) in [6.07, 6.45) is 2.26. The summed E-state index contributed by atoms with van der Waals surface area (Å²) >= 11 is 0. The number of carbonyl (C=O) groups excluding carboxylic acids is 1. The quantitative estimate of drug-likeness (QED) is 0.487. The number of aromatic nitrogens is 2. The minimum Gasteiger partial charge on any atom is -0.454 e. The number of anilines is 1. The van der Waals surface area contributed by atoms with Gasteiger partial charge in [-0.1, -0.05) is 24.3 Å². The fraction of sp³-hybridized carbons (Fsp3) is 0.273. The number of benzene rings is 2. The van der Waals surface area contributed by atoms with Gasteiger partial charge in [0.15, 0.2) is 5.82 Å². The summed E-state index contributed by atoms with van der Waals surface area (Å²) in [5.74, 6) is -0.942. The van der Waals surface area contributed by atoms with Crippen LogP contribution in [0, 0.1) is 0 Å². The van der Waals surface area contributed by atoms with Crippen LogP contribution < -0.4 is 4.90 Å². The van der Waals surface area contributed by atoms with Gasteiger partial charge >= 0.3 is 12.5 Å². The maximum absolute atomic E-state index is 13.1. The van der Waals surface area contributed by atoms with Crippen molar-refractivity contribution in [3.05, 3.63) is 78.4 Å². The van der Waals surface area contributed by atoms with Gasteiger partial charge in [0, 0.05) is 44.3 Å². The molecule has 1 saturated heterocycles. The van der Waals surface area contributed by atoms with E-state index in [0.29, 0.717) is 30.7 Å². The average Bonchev–Trinajstić information content (AvgIpc) is 3.32. The number of rotatable bonds is 7. The van der Waals surface area contributed by atoms with Gasteiger partial charge in [-0.3, -0.25) is 4.57 Å². The molecule has 0 saturated carbocycles. The van der Waals surface area contributed by atoms with E-state index < -0.39 is 29.1 Å². The van der Waals surface area contributed by atoms with Crippen molar-refractivity contribution in [2.75, 3.05) is 31.1 Å². The summed E-state index contributed by atoms with van der Waals surface area (Å²) < 4.78 is 59.1. The highest BCUT2D eigenvalue weighted by Crippen LogP contribution is 2.22. The lowest BCUT2D eigenvalue weighted by atomic mass is 10.2. The van der Waals surface area contributed by atoms with E-state index >= 15 is 0 Å². The molecule has 8 nitrogen and oxygen atoms in total. The highest BCUT2D eigenvalue weighted by Gasteiger charge is 2.29. The third kappa shape index (κ3) is 5.04. The second-order valence-electron chi connectivity index (χ2n) is 7.36. The number of sulfonamides is 1. The Morgan fingerprint density at radius 1 is 1.03 bits per heavy atom. The number of halogens is 2. The number of esters is 1. The number of hydrogen-bond donors (Lipinski definition) is 0. The largest absolute Gasteiger partial charge is 0.454 e. The summed E-state index contributed by atoms with van der Waals surface area (Å²) in [4.78, 5) is 18.2. The molecule has 2 aromatic carbocycles. The molecule has 1 aliphatic rings. The van der Waals surface area contributed by atoms with E-state index in [1.807, 2.05) is 30.3 Å². The number of hydrogen-bond acceptors (Lipinski definition) is 6. The predicted molar refractivity (Wildman–Crippen MR) is 116 cm³/mol. The van der Waals surface area contributed by atoms with Gasteiger partial charge in [0.1, 0.15) is 6.61 Å². The van der Waals surface area contributed by atoms with Crippen LogP contribution >= 0.6 is 0 Å². The van der Waals surface area contributed by atoms with Crippen molar-refractivity contribution in [1.29, 1.82) is 0 Å². The van der Waals surface area contributed by atoms with Crippen molar-refractivity contribution < 1.29 is 26.7 Å². The fourth-order valence-corrected chi connectivity index (χ4v) is 5.07. The number of para-hydroxylation sites is 1. The molecule has 0 unspecified atom stereocenters. The van der Waals surface area contributed by atoms with Crippen LogP contribution in [0.5, 0.6) is 0 Å². The molecule has 33 heavy (non-hydrogen) atoms. The fourth-order valence-electron chi connectivity index (χ4n) is 3.60. The summed E-state index contributed by atoms with van der Waals surface area (Å²) in [6.45, 7) is -1.57. The van der Waals surface area contributed by atoms with Crippen LogP contribution in [0.15, 0.2) is 71.9 Å². The highest BCUT2D eigenvalue weighted by atomic mass is 32.2. The Balaban J connectivity index is 1.42. The lowest BCUT2D eigenvalue weighted by Crippen LogP contribution is -2.48. The van der Waals surface area contributed by atoms with Crippen LogP contribution in [0.2, 0.25) is 0 Å². The molecule has 0 bridgehead atoms. The van der Waals surface area contributed by atoms with Gasteiger partial charge < -0.3 is 9.64 Å². The van der Waals surface area contributed by atoms with Crippen LogP contribution in [0.4, 0.5) is 14.5 Å². The summed E-state index contributed by atoms with van der Waals surface area (Å²) in [6, 6.07) is 15.3. The van der Waals surface area contributed by atoms with Crippen LogP contribution in [-0.4, -0.2) is 54.4 Å². The minimum atomic E-state index is -3.82. The van der Waals surface area contributed by atoms with Crippen molar-refractivity contribution in [2.45, 2.75) is 18.1 Å². The number of carbonyl (C=O) groups is 1. The van der Waals surface area contributed by atoms with Crippen molar-refractivity contribution in [3.63, 3.8) is 0 Å². The normalized spacial score (nSPS) is 15.1. The molecular weight excluding hydrogens is 454 g/mol. The lowest BCUT2D eigenvalue weighted by Gasteiger charge is -2.35. The average molecular weight is 477 g/mol. The smallest absolute Gasteiger partial charge is 0.338 e. The Kier molecular flexibility index (Phi) is 6.70. The van der Waals surface area contributed by atoms with Gasteiger partial charge in [-0.25, -0.2) is 18.2 Å². The first-order chi connectivity index (χ1) is 15.9. The van der Waals surface area contributed by atoms with E-state index in [1.165, 1.54) is 34.8 Å². The van der Waals surface area contributed by atoms with Crippen LogP contribution in [0.25, 0.3) is 0 Å². The number of nitrogens with zero attached hydrogens (tertiary/aromatic N) is 4. The second-order valence-corrected chi connectivity index (χ2v) is 9.30. The monoisotopic (exact) mass is 476 g/mol. The molecule has 3 aromatic rings. The van der Waals surface area contributed by atoms with E-state index in [4.69, 9.17) is 4.74 Å². The second kappa shape index (κ2) is 9.67. The van der Waals surface area contributed by atoms with Gasteiger partial charge in [-0.05, 0) is 30.3 Å². The van der Waals surface area contributed by atoms with Gasteiger partial charge in [-0.2, -0.15) is 13.1 Å². The van der Waals surface area contributed by atoms with Crippen LogP contribution in [0.3, 0.4) is 0 Å². The Labute approximate surface area is 190 Å². The number of ether oxygens (including phenoxy) is 1. The zero-order valence-electron chi connectivity index (χ0n) is 17.5. The molecule has 1 aromatic heterocycles. The predicted octanol–water partition coefficient (Wildman–Crippen LogP) is 3.15. The molecule has 0 radical (unpaired) electrons. The number of piperazine rings is 1. The Bertz CT molecular complexity index is 1210. The molecule has 174 valence electrons. The topological polar surface area (TPSA) is 84.7 Å². The van der Waals surface area contributed by atoms with Gasteiger partial charge in [0.2, 0.25) is 10.0 Å². The van der Waals surface area contributed by atoms with E-state index in [0.717, 1.165) is 11.9 Å². The molecule has 11 heteroatoms. The van der Waals surface area contributed by atoms with Crippen LogP contribution in [-0.2, 0) is 21.4 Å². The third-order valence-corrected chi connectivity index (χ3v) is 7.25. The van der Waals surface area contributed by atoms with Crippen molar-refractivity contribution >= 4 is 21.7 Å². The first kappa shape index (κ1) is 22.9. The molecule has 0 spiro atoms. The molecule has 0 atom stereocenters. The third-order valence-electron chi connectivity index (χ3n) is 5.36. The zero-order chi connectivity index (χ0) is 23.4. The summed E-state index contributed by atoms with van der Waals surface area (Å²) in [5, 5.41) is 0. The summed E-state index contributed by atoms with van der Waals surface area (Å²) in [5.41, 5.74) is 1.04. The molecule has 4 rings (SSSR count). The zero-order valence-corrected chi connectivity index (χ0v) is 18.4. The Morgan fingerprint density at radius 3 is 2.45 bits per heavy atom. The van der Waals surface area contributed by atoms with Gasteiger partial charge in [-0.15, -0.1) is 0 Å². The van der Waals surface area contributed by atoms with Crippen molar-refractivity contribution in [1.82, 2.24) is 13.9 Å². The van der Waals surface area contributed by atoms with Gasteiger partial charge in [0.05, 0.1) is 10.5 Å². The maximum Gasteiger partial charge on any atom is 0.338 e. The number of imidazole rings is 1. The first-order valence-corrected chi connectivity index (χ1v) is 11.7. The molecule has 0 N–H and O–H groups in total. The van der Waals surface area contributed by atoms with E-state index in [9.17, 15) is 22.0 Å². The Morgan fingerprint density at radius 2 is 1.76 bits per heavy atom. The SMILES string of the molecule is O=C(OCc1nccn1C(F)F)c1cccc(S(=O)(=O)N2CCN(c3ccccc3)CC2)c1. The molecule has 0 amide bonds. The minimum absolute atomic E-state index is 0.00847. The highest BCUT2D eigenvalue weighted by molar-refractivity contribution is 7.89. The van der Waals surface area contributed by atoms with Gasteiger partial charge in [0.25, 0.3) is 0 Å². The maximum atomic E-state index is 13.1.